The van der Waals surface area contributed by atoms with Crippen molar-refractivity contribution in [1.82, 2.24) is 45.8 Å². The minimum atomic E-state index is -0.685. The van der Waals surface area contributed by atoms with Crippen LogP contribution < -0.4 is 16.0 Å². The number of aryl methyl sites for hydroxylation is 1. The minimum Gasteiger partial charge on any atom is -0.453 e. The molecule has 3 aliphatic rings. The number of hydrogen-bond donors (Lipinski definition) is 5. The number of aromatic amines is 2. The first kappa shape index (κ1) is 40.9. The smallest absolute Gasteiger partial charge is 0.407 e. The van der Waals surface area contributed by atoms with Gasteiger partial charge >= 0.3 is 12.2 Å². The molecule has 15 nitrogen and oxygen atoms in total. The Labute approximate surface area is 359 Å². The Morgan fingerprint density at radius 2 is 1.37 bits per heavy atom. The topological polar surface area (TPSA) is 196 Å². The van der Waals surface area contributed by atoms with Gasteiger partial charge in [0.25, 0.3) is 0 Å². The zero-order chi connectivity index (χ0) is 43.4. The fraction of sp³-hybridized carbons (Fsp3) is 0.426. The Morgan fingerprint density at radius 3 is 2.10 bits per heavy atom. The minimum absolute atomic E-state index is 0.0667. The molecule has 2 saturated carbocycles. The van der Waals surface area contributed by atoms with E-state index in [-0.39, 0.29) is 41.8 Å². The standard InChI is InChI=1S/C47H53N9O6/c1-23(2)41(54-46(59)61-5)44(57)53-35-19-29(35)11-16-40-49-33-14-8-26(18-36(33)50-40)25-7-12-31-27(17-25)9-13-32(48-31)28-10-15-34-37(20-28)52-43(51-34)39-22-30-21-38(30)56(39)45(58)42(24(3)4)55-47(60)62-6/h7-10,12-15,17-18,20,23-24,29-30,35,38-39,41-42H,11,16,19,21-22H2,1-6H3,(H,49,50)(H,51,52)(H,53,57)(H,54,59)(H,55,60)/t29-,30+,35+,38+,39-,41-,42-/m0/s1. The van der Waals surface area contributed by atoms with Gasteiger partial charge in [-0.15, -0.1) is 0 Å². The first-order valence-electron chi connectivity index (χ1n) is 21.6. The highest BCUT2D eigenvalue weighted by Gasteiger charge is 2.56. The SMILES string of the molecule is COC(=O)N[C@H](C(=O)N[C@@H]1C[C@@H]1CCc1nc2ccc(-c3ccc4nc(-c5ccc6nc([C@@H]7C[C@H]8C[C@H]8N7C(=O)[C@@H](NC(=O)OC)C(C)C)[nH]c6c5)ccc4c3)cc2[nH]1)C(C)C. The third kappa shape index (κ3) is 8.15. The van der Waals surface area contributed by atoms with E-state index < -0.39 is 24.3 Å². The van der Waals surface area contributed by atoms with Crippen molar-refractivity contribution in [2.75, 3.05) is 14.2 Å². The number of carbonyl (C=O) groups excluding carboxylic acids is 4. The number of rotatable bonds is 13. The van der Waals surface area contributed by atoms with Crippen molar-refractivity contribution in [2.45, 2.75) is 90.0 Å². The van der Waals surface area contributed by atoms with E-state index >= 15 is 0 Å². The Morgan fingerprint density at radius 1 is 0.726 bits per heavy atom. The summed E-state index contributed by atoms with van der Waals surface area (Å²) in [7, 11) is 2.59. The van der Waals surface area contributed by atoms with Crippen molar-refractivity contribution >= 4 is 57.0 Å². The lowest BCUT2D eigenvalue weighted by atomic mass is 10.0. The second-order valence-electron chi connectivity index (χ2n) is 17.8. The number of imidazole rings is 2. The molecule has 9 rings (SSSR count). The first-order chi connectivity index (χ1) is 29.9. The van der Waals surface area contributed by atoms with Crippen LogP contribution in [0, 0.1) is 23.7 Å². The molecule has 1 aliphatic heterocycles. The third-order valence-corrected chi connectivity index (χ3v) is 12.8. The molecular formula is C47H53N9O6. The molecule has 0 unspecified atom stereocenters. The van der Waals surface area contributed by atoms with Crippen molar-refractivity contribution in [1.29, 1.82) is 0 Å². The summed E-state index contributed by atoms with van der Waals surface area (Å²) < 4.78 is 9.50. The highest BCUT2D eigenvalue weighted by Crippen LogP contribution is 2.53. The lowest BCUT2D eigenvalue weighted by molar-refractivity contribution is -0.136. The van der Waals surface area contributed by atoms with E-state index in [1.54, 1.807) is 0 Å². The highest BCUT2D eigenvalue weighted by molar-refractivity contribution is 5.91. The Kier molecular flexibility index (Phi) is 10.8. The third-order valence-electron chi connectivity index (χ3n) is 12.8. The number of alkyl carbamates (subject to hydrolysis) is 2. The quantitative estimate of drug-likeness (QED) is 0.0800. The first-order valence-corrected chi connectivity index (χ1v) is 21.6. The van der Waals surface area contributed by atoms with Crippen molar-refractivity contribution in [3.8, 4) is 22.4 Å². The van der Waals surface area contributed by atoms with Crippen LogP contribution >= 0.6 is 0 Å². The molecule has 322 valence electrons. The van der Waals surface area contributed by atoms with Gasteiger partial charge in [-0.25, -0.2) is 24.5 Å². The van der Waals surface area contributed by atoms with E-state index in [2.05, 4.69) is 73.1 Å². The number of likely N-dealkylation sites (tertiary alicyclic amines) is 1. The number of carbonyl (C=O) groups is 4. The molecule has 0 bridgehead atoms. The number of pyridine rings is 1. The largest absolute Gasteiger partial charge is 0.453 e. The molecule has 3 fully saturated rings. The van der Waals surface area contributed by atoms with E-state index in [1.165, 1.54) is 14.2 Å². The number of aromatic nitrogens is 5. The summed E-state index contributed by atoms with van der Waals surface area (Å²) in [5.74, 6) is 2.01. The summed E-state index contributed by atoms with van der Waals surface area (Å²) in [4.78, 5) is 74.3. The maximum absolute atomic E-state index is 13.9. The number of ether oxygens (including phenoxy) is 2. The number of nitrogens with one attached hydrogen (secondary N) is 5. The number of H-pyrrole nitrogens is 2. The van der Waals surface area contributed by atoms with Gasteiger partial charge in [-0.2, -0.15) is 0 Å². The molecule has 7 atom stereocenters. The summed E-state index contributed by atoms with van der Waals surface area (Å²) in [6.07, 6.45) is 3.15. The van der Waals surface area contributed by atoms with Crippen LogP contribution in [0.3, 0.4) is 0 Å². The second-order valence-corrected chi connectivity index (χ2v) is 17.8. The van der Waals surface area contributed by atoms with Crippen LogP contribution in [0.25, 0.3) is 55.4 Å². The van der Waals surface area contributed by atoms with Gasteiger partial charge in [0.15, 0.2) is 0 Å². The molecule has 2 aliphatic carbocycles. The van der Waals surface area contributed by atoms with Gasteiger partial charge < -0.3 is 40.3 Å². The summed E-state index contributed by atoms with van der Waals surface area (Å²) in [6, 6.07) is 21.5. The second kappa shape index (κ2) is 16.4. The maximum atomic E-state index is 13.9. The Bertz CT molecular complexity index is 2710. The monoisotopic (exact) mass is 839 g/mol. The lowest BCUT2D eigenvalue weighted by Crippen LogP contribution is -2.52. The number of hydrogen-bond acceptors (Lipinski definition) is 9. The fourth-order valence-corrected chi connectivity index (χ4v) is 9.11. The number of nitrogens with zero attached hydrogens (tertiary/aromatic N) is 4. The summed E-state index contributed by atoms with van der Waals surface area (Å²) in [6.45, 7) is 7.63. The molecular weight excluding hydrogens is 787 g/mol. The van der Waals surface area contributed by atoms with Crippen LogP contribution in [0.4, 0.5) is 9.59 Å². The molecule has 6 aromatic rings. The van der Waals surface area contributed by atoms with Gasteiger partial charge in [-0.1, -0.05) is 52.0 Å². The maximum Gasteiger partial charge on any atom is 0.407 e. The lowest BCUT2D eigenvalue weighted by Gasteiger charge is -2.31. The molecule has 0 spiro atoms. The van der Waals surface area contributed by atoms with Crippen LogP contribution in [-0.2, 0) is 25.5 Å². The van der Waals surface area contributed by atoms with Crippen LogP contribution in [0.2, 0.25) is 0 Å². The van der Waals surface area contributed by atoms with Crippen LogP contribution in [0.15, 0.2) is 66.7 Å². The van der Waals surface area contributed by atoms with Gasteiger partial charge in [0.2, 0.25) is 11.8 Å². The molecule has 3 aromatic heterocycles. The fourth-order valence-electron chi connectivity index (χ4n) is 9.11. The number of piperidine rings is 1. The zero-order valence-electron chi connectivity index (χ0n) is 35.8. The summed E-state index contributed by atoms with van der Waals surface area (Å²) in [5.41, 5.74) is 8.41. The molecule has 4 heterocycles. The van der Waals surface area contributed by atoms with E-state index in [9.17, 15) is 19.2 Å². The van der Waals surface area contributed by atoms with Gasteiger partial charge in [-0.05, 0) is 103 Å². The van der Waals surface area contributed by atoms with Gasteiger partial charge in [0.05, 0.1) is 53.5 Å². The average Bonchev–Trinajstić information content (AvgIpc) is 4.02. The van der Waals surface area contributed by atoms with Gasteiger partial charge in [0.1, 0.15) is 23.7 Å². The summed E-state index contributed by atoms with van der Waals surface area (Å²) in [5, 5.41) is 9.50. The molecule has 0 radical (unpaired) electrons. The van der Waals surface area contributed by atoms with E-state index in [0.717, 1.165) is 99.1 Å². The predicted octanol–water partition coefficient (Wildman–Crippen LogP) is 7.18. The molecule has 4 amide bonds. The van der Waals surface area contributed by atoms with Crippen LogP contribution in [0.5, 0.6) is 0 Å². The number of benzene rings is 3. The normalized spacial score (nSPS) is 21.2. The van der Waals surface area contributed by atoms with Gasteiger partial charge in [0, 0.05) is 29.5 Å². The van der Waals surface area contributed by atoms with Crippen LogP contribution in [0.1, 0.15) is 71.1 Å². The highest BCUT2D eigenvalue weighted by atomic mass is 16.5. The molecule has 3 aromatic carbocycles. The average molecular weight is 840 g/mol. The predicted molar refractivity (Wildman–Crippen MR) is 235 cm³/mol. The Balaban J connectivity index is 0.853. The van der Waals surface area contributed by atoms with E-state index in [1.807, 2.05) is 56.9 Å². The van der Waals surface area contributed by atoms with Crippen molar-refractivity contribution in [2.24, 2.45) is 23.7 Å². The molecule has 5 N–H and O–H groups in total. The number of amides is 4. The van der Waals surface area contributed by atoms with Crippen molar-refractivity contribution in [3.05, 3.63) is 78.4 Å². The zero-order valence-corrected chi connectivity index (χ0v) is 35.8. The van der Waals surface area contributed by atoms with Gasteiger partial charge in [-0.3, -0.25) is 9.59 Å². The van der Waals surface area contributed by atoms with Crippen molar-refractivity contribution in [3.63, 3.8) is 0 Å². The van der Waals surface area contributed by atoms with E-state index in [4.69, 9.17) is 19.7 Å². The molecule has 15 heteroatoms. The van der Waals surface area contributed by atoms with Crippen LogP contribution in [-0.4, -0.2) is 92.2 Å². The number of methoxy groups -OCH3 is 2. The Hall–Kier alpha value is -6.51. The molecule has 62 heavy (non-hydrogen) atoms. The number of fused-ring (bicyclic) bond motifs is 4. The van der Waals surface area contributed by atoms with Crippen molar-refractivity contribution < 1.29 is 28.7 Å². The molecule has 1 saturated heterocycles. The summed E-state index contributed by atoms with van der Waals surface area (Å²) >= 11 is 0. The van der Waals surface area contributed by atoms with E-state index in [0.29, 0.717) is 11.8 Å².